The van der Waals surface area contributed by atoms with Crippen molar-refractivity contribution < 1.29 is 9.13 Å². The summed E-state index contributed by atoms with van der Waals surface area (Å²) in [5.41, 5.74) is 3.18. The molecule has 104 valence electrons. The summed E-state index contributed by atoms with van der Waals surface area (Å²) >= 11 is 0. The number of nitrogens with one attached hydrogen (secondary N) is 1. The van der Waals surface area contributed by atoms with Crippen LogP contribution < -0.4 is 10.1 Å². The number of pyridine rings is 1. The lowest BCUT2D eigenvalue weighted by Gasteiger charge is -2.17. The van der Waals surface area contributed by atoms with Gasteiger partial charge in [0, 0.05) is 12.3 Å². The highest BCUT2D eigenvalue weighted by Gasteiger charge is 2.24. The van der Waals surface area contributed by atoms with Crippen LogP contribution in [0.3, 0.4) is 0 Å². The molecule has 1 heterocycles. The largest absolute Gasteiger partial charge is 0.492 e. The molecule has 4 heteroatoms. The van der Waals surface area contributed by atoms with E-state index in [0.29, 0.717) is 12.4 Å². The van der Waals surface area contributed by atoms with Crippen molar-refractivity contribution in [3.8, 4) is 5.75 Å². The van der Waals surface area contributed by atoms with E-state index in [4.69, 9.17) is 4.74 Å². The van der Waals surface area contributed by atoms with Crippen LogP contribution in [-0.4, -0.2) is 11.6 Å². The molecule has 1 aromatic heterocycles. The molecule has 3 rings (SSSR count). The fourth-order valence-electron chi connectivity index (χ4n) is 2.63. The minimum absolute atomic E-state index is 0.163. The van der Waals surface area contributed by atoms with Gasteiger partial charge in [-0.3, -0.25) is 4.98 Å². The van der Waals surface area contributed by atoms with Crippen LogP contribution in [0.5, 0.6) is 5.75 Å². The molecule has 0 fully saturated rings. The first-order valence-electron chi connectivity index (χ1n) is 6.90. The van der Waals surface area contributed by atoms with Crippen LogP contribution in [0.25, 0.3) is 0 Å². The lowest BCUT2D eigenvalue weighted by atomic mass is 10.2. The van der Waals surface area contributed by atoms with E-state index in [9.17, 15) is 4.39 Å². The average molecular weight is 272 g/mol. The maximum Gasteiger partial charge on any atom is 0.145 e. The first-order valence-corrected chi connectivity index (χ1v) is 6.90. The van der Waals surface area contributed by atoms with E-state index >= 15 is 0 Å². The number of aryl methyl sites for hydroxylation is 1. The highest BCUT2D eigenvalue weighted by molar-refractivity contribution is 5.58. The van der Waals surface area contributed by atoms with Gasteiger partial charge in [-0.1, -0.05) is 6.07 Å². The number of halogens is 1. The van der Waals surface area contributed by atoms with Gasteiger partial charge in [-0.05, 0) is 43.5 Å². The number of anilines is 1. The van der Waals surface area contributed by atoms with Gasteiger partial charge < -0.3 is 10.1 Å². The molecule has 1 atom stereocenters. The van der Waals surface area contributed by atoms with Gasteiger partial charge in [-0.2, -0.15) is 0 Å². The summed E-state index contributed by atoms with van der Waals surface area (Å²) in [5.74, 6) is 0.265. The van der Waals surface area contributed by atoms with Crippen molar-refractivity contribution in [3.63, 3.8) is 0 Å². The van der Waals surface area contributed by atoms with E-state index in [2.05, 4.69) is 16.4 Å². The van der Waals surface area contributed by atoms with Crippen LogP contribution in [0.15, 0.2) is 36.5 Å². The summed E-state index contributed by atoms with van der Waals surface area (Å²) < 4.78 is 18.8. The van der Waals surface area contributed by atoms with Crippen molar-refractivity contribution in [2.75, 3.05) is 11.9 Å². The topological polar surface area (TPSA) is 34.1 Å². The average Bonchev–Trinajstić information content (AvgIpc) is 2.86. The second kappa shape index (κ2) is 5.49. The second-order valence-corrected chi connectivity index (χ2v) is 4.86. The van der Waals surface area contributed by atoms with Crippen LogP contribution in [0.2, 0.25) is 0 Å². The Balaban J connectivity index is 1.85. The number of nitrogens with zero attached hydrogens (tertiary/aromatic N) is 1. The Kier molecular flexibility index (Phi) is 3.54. The number of fused-ring (bicyclic) bond motifs is 1. The van der Waals surface area contributed by atoms with Crippen LogP contribution in [0.1, 0.15) is 30.6 Å². The van der Waals surface area contributed by atoms with Crippen LogP contribution >= 0.6 is 0 Å². The Labute approximate surface area is 117 Å². The van der Waals surface area contributed by atoms with Crippen molar-refractivity contribution in [1.82, 2.24) is 4.98 Å². The zero-order chi connectivity index (χ0) is 13.9. The van der Waals surface area contributed by atoms with E-state index in [1.165, 1.54) is 17.7 Å². The molecule has 0 amide bonds. The van der Waals surface area contributed by atoms with Gasteiger partial charge in [-0.15, -0.1) is 0 Å². The molecule has 0 spiro atoms. The summed E-state index contributed by atoms with van der Waals surface area (Å²) in [6, 6.07) is 8.82. The molecular weight excluding hydrogens is 255 g/mol. The van der Waals surface area contributed by atoms with Gasteiger partial charge in [0.2, 0.25) is 0 Å². The first-order chi connectivity index (χ1) is 9.78. The summed E-state index contributed by atoms with van der Waals surface area (Å²) in [4.78, 5) is 4.45. The number of hydrogen-bond donors (Lipinski definition) is 1. The third kappa shape index (κ3) is 2.46. The third-order valence-corrected chi connectivity index (χ3v) is 3.53. The molecule has 1 N–H and O–H groups in total. The number of ether oxygens (including phenoxy) is 1. The standard InChI is InChI=1S/C16H17FN2O/c1-2-20-15-10-12(17)6-8-13(15)19-14-7-5-11-4-3-9-18-16(11)14/h3-4,6,8-10,14,19H,2,5,7H2,1H3. The quantitative estimate of drug-likeness (QED) is 0.921. The molecule has 1 unspecified atom stereocenters. The first kappa shape index (κ1) is 12.9. The highest BCUT2D eigenvalue weighted by Crippen LogP contribution is 2.35. The van der Waals surface area contributed by atoms with E-state index in [1.54, 1.807) is 6.07 Å². The number of aromatic nitrogens is 1. The molecule has 1 aliphatic carbocycles. The molecular formula is C16H17FN2O. The van der Waals surface area contributed by atoms with Crippen LogP contribution in [-0.2, 0) is 6.42 Å². The van der Waals surface area contributed by atoms with Gasteiger partial charge in [-0.25, -0.2) is 4.39 Å². The summed E-state index contributed by atoms with van der Waals surface area (Å²) in [6.45, 7) is 2.40. The predicted octanol–water partition coefficient (Wildman–Crippen LogP) is 3.72. The molecule has 3 nitrogen and oxygen atoms in total. The van der Waals surface area contributed by atoms with E-state index < -0.39 is 0 Å². The maximum absolute atomic E-state index is 13.3. The maximum atomic E-state index is 13.3. The monoisotopic (exact) mass is 272 g/mol. The number of benzene rings is 1. The molecule has 1 aromatic carbocycles. The minimum Gasteiger partial charge on any atom is -0.492 e. The molecule has 1 aliphatic rings. The minimum atomic E-state index is -0.288. The Hall–Kier alpha value is -2.10. The Morgan fingerprint density at radius 1 is 1.40 bits per heavy atom. The van der Waals surface area contributed by atoms with Crippen molar-refractivity contribution >= 4 is 5.69 Å². The predicted molar refractivity (Wildman–Crippen MR) is 76.5 cm³/mol. The molecule has 2 aromatic rings. The molecule has 0 aliphatic heterocycles. The van der Waals surface area contributed by atoms with E-state index in [1.807, 2.05) is 19.2 Å². The molecule has 0 radical (unpaired) electrons. The molecule has 0 bridgehead atoms. The smallest absolute Gasteiger partial charge is 0.145 e. The SMILES string of the molecule is CCOc1cc(F)ccc1NC1CCc2cccnc21. The fraction of sp³-hybridized carbons (Fsp3) is 0.312. The summed E-state index contributed by atoms with van der Waals surface area (Å²) in [7, 11) is 0. The van der Waals surface area contributed by atoms with Crippen molar-refractivity contribution in [2.45, 2.75) is 25.8 Å². The van der Waals surface area contributed by atoms with Gasteiger partial charge in [0.05, 0.1) is 24.0 Å². The normalized spacial score (nSPS) is 16.8. The van der Waals surface area contributed by atoms with Gasteiger partial charge in [0.1, 0.15) is 11.6 Å². The second-order valence-electron chi connectivity index (χ2n) is 4.86. The van der Waals surface area contributed by atoms with Crippen LogP contribution in [0, 0.1) is 5.82 Å². The van der Waals surface area contributed by atoms with Crippen molar-refractivity contribution in [1.29, 1.82) is 0 Å². The Morgan fingerprint density at radius 2 is 2.30 bits per heavy atom. The molecule has 0 saturated heterocycles. The number of rotatable bonds is 4. The van der Waals surface area contributed by atoms with Crippen molar-refractivity contribution in [3.05, 3.63) is 53.6 Å². The Bertz CT molecular complexity index is 615. The summed E-state index contributed by atoms with van der Waals surface area (Å²) in [5, 5.41) is 3.42. The van der Waals surface area contributed by atoms with Gasteiger partial charge in [0.25, 0.3) is 0 Å². The number of hydrogen-bond acceptors (Lipinski definition) is 3. The lowest BCUT2D eigenvalue weighted by molar-refractivity contribution is 0.339. The van der Waals surface area contributed by atoms with E-state index in [0.717, 1.165) is 24.2 Å². The van der Waals surface area contributed by atoms with Gasteiger partial charge in [0.15, 0.2) is 0 Å². The Morgan fingerprint density at radius 3 is 3.15 bits per heavy atom. The van der Waals surface area contributed by atoms with Crippen molar-refractivity contribution in [2.24, 2.45) is 0 Å². The third-order valence-electron chi connectivity index (χ3n) is 3.53. The highest BCUT2D eigenvalue weighted by atomic mass is 19.1. The van der Waals surface area contributed by atoms with Crippen LogP contribution in [0.4, 0.5) is 10.1 Å². The van der Waals surface area contributed by atoms with E-state index in [-0.39, 0.29) is 11.9 Å². The zero-order valence-electron chi connectivity index (χ0n) is 11.4. The molecule has 20 heavy (non-hydrogen) atoms. The molecule has 0 saturated carbocycles. The zero-order valence-corrected chi connectivity index (χ0v) is 11.4. The summed E-state index contributed by atoms with van der Waals surface area (Å²) in [6.07, 6.45) is 3.83. The lowest BCUT2D eigenvalue weighted by Crippen LogP contribution is -2.10. The fourth-order valence-corrected chi connectivity index (χ4v) is 2.63. The van der Waals surface area contributed by atoms with Gasteiger partial charge >= 0.3 is 0 Å².